The highest BCUT2D eigenvalue weighted by Crippen LogP contribution is 2.33. The summed E-state index contributed by atoms with van der Waals surface area (Å²) < 4.78 is 5.56. The number of nitrogens with one attached hydrogen (secondary N) is 1. The molecule has 8 heteroatoms. The van der Waals surface area contributed by atoms with Gasteiger partial charge in [-0.15, -0.1) is 0 Å². The summed E-state index contributed by atoms with van der Waals surface area (Å²) >= 11 is 0. The van der Waals surface area contributed by atoms with Crippen LogP contribution in [0.4, 0.5) is 4.79 Å². The lowest BCUT2D eigenvalue weighted by atomic mass is 9.80. The van der Waals surface area contributed by atoms with Gasteiger partial charge in [-0.05, 0) is 62.3 Å². The molecule has 156 valence electrons. The van der Waals surface area contributed by atoms with Gasteiger partial charge in [-0.1, -0.05) is 30.3 Å². The Labute approximate surface area is 175 Å². The highest BCUT2D eigenvalue weighted by atomic mass is 16.6. The third-order valence-corrected chi connectivity index (χ3v) is 5.24. The van der Waals surface area contributed by atoms with E-state index in [1.165, 1.54) is 0 Å². The van der Waals surface area contributed by atoms with Crippen LogP contribution >= 0.6 is 0 Å². The fourth-order valence-electron chi connectivity index (χ4n) is 3.80. The molecule has 1 atom stereocenters. The van der Waals surface area contributed by atoms with E-state index in [1.54, 1.807) is 17.0 Å². The summed E-state index contributed by atoms with van der Waals surface area (Å²) in [5.74, 6) is 0.768. The molecule has 3 N–H and O–H groups in total. The number of imidazole rings is 1. The zero-order valence-corrected chi connectivity index (χ0v) is 17.4. The van der Waals surface area contributed by atoms with E-state index in [0.717, 1.165) is 40.8 Å². The third-order valence-electron chi connectivity index (χ3n) is 5.24. The van der Waals surface area contributed by atoms with Crippen molar-refractivity contribution in [1.29, 1.82) is 0 Å². The SMILES string of the molecule is CC(C)(C)OC(=O)N1CCC[C@H]1c1nc2ccc(-c3ccc(B(O)O)cc3)cc2[nH]1. The molecule has 0 aliphatic carbocycles. The molecule has 1 fully saturated rings. The molecule has 30 heavy (non-hydrogen) atoms. The summed E-state index contributed by atoms with van der Waals surface area (Å²) in [6, 6.07) is 12.9. The van der Waals surface area contributed by atoms with E-state index in [1.807, 2.05) is 51.1 Å². The number of amides is 1. The number of aromatic amines is 1. The fraction of sp³-hybridized carbons (Fsp3) is 0.364. The van der Waals surface area contributed by atoms with Crippen LogP contribution in [-0.4, -0.2) is 50.3 Å². The van der Waals surface area contributed by atoms with Crippen LogP contribution in [0, 0.1) is 0 Å². The quantitative estimate of drug-likeness (QED) is 0.580. The standard InChI is InChI=1S/C22H26BN3O4/c1-22(2,3)30-21(27)26-12-4-5-19(26)20-24-17-11-8-15(13-18(17)25-20)14-6-9-16(10-7-14)23(28)29/h6-11,13,19,28-29H,4-5,12H2,1-3H3,(H,24,25)/t19-/m0/s1. The molecule has 3 aromatic rings. The Hall–Kier alpha value is -2.84. The van der Waals surface area contributed by atoms with Crippen LogP contribution in [0.1, 0.15) is 45.5 Å². The minimum atomic E-state index is -1.48. The van der Waals surface area contributed by atoms with Gasteiger partial charge in [0.15, 0.2) is 0 Å². The Morgan fingerprint density at radius 1 is 1.17 bits per heavy atom. The van der Waals surface area contributed by atoms with Gasteiger partial charge in [0.1, 0.15) is 11.4 Å². The molecule has 0 spiro atoms. The first-order valence-corrected chi connectivity index (χ1v) is 10.2. The first-order chi connectivity index (χ1) is 14.2. The number of likely N-dealkylation sites (tertiary alicyclic amines) is 1. The van der Waals surface area contributed by atoms with Gasteiger partial charge in [0.25, 0.3) is 0 Å². The molecule has 0 bridgehead atoms. The Bertz CT molecular complexity index is 1060. The summed E-state index contributed by atoms with van der Waals surface area (Å²) in [4.78, 5) is 22.5. The molecule has 1 aliphatic rings. The molecule has 2 aromatic carbocycles. The van der Waals surface area contributed by atoms with Crippen LogP contribution in [0.2, 0.25) is 0 Å². The molecule has 0 radical (unpaired) electrons. The van der Waals surface area contributed by atoms with Crippen LogP contribution in [0.5, 0.6) is 0 Å². The first kappa shape index (κ1) is 20.4. The lowest BCUT2D eigenvalue weighted by Crippen LogP contribution is -2.36. The van der Waals surface area contributed by atoms with Gasteiger partial charge >= 0.3 is 13.2 Å². The van der Waals surface area contributed by atoms with Crippen molar-refractivity contribution < 1.29 is 19.6 Å². The molecule has 1 aromatic heterocycles. The minimum Gasteiger partial charge on any atom is -0.444 e. The third kappa shape index (κ3) is 4.20. The topological polar surface area (TPSA) is 98.7 Å². The van der Waals surface area contributed by atoms with E-state index >= 15 is 0 Å². The van der Waals surface area contributed by atoms with Gasteiger partial charge < -0.3 is 19.8 Å². The number of rotatable bonds is 3. The molecular weight excluding hydrogens is 381 g/mol. The molecule has 7 nitrogen and oxygen atoms in total. The second-order valence-corrected chi connectivity index (χ2v) is 8.68. The normalized spacial score (nSPS) is 16.8. The van der Waals surface area contributed by atoms with Gasteiger partial charge in [-0.2, -0.15) is 0 Å². The lowest BCUT2D eigenvalue weighted by Gasteiger charge is -2.27. The summed E-state index contributed by atoms with van der Waals surface area (Å²) in [7, 11) is -1.48. The fourth-order valence-corrected chi connectivity index (χ4v) is 3.80. The number of ether oxygens (including phenoxy) is 1. The Kier molecular flexibility index (Phi) is 5.30. The van der Waals surface area contributed by atoms with Crippen molar-refractivity contribution in [2.75, 3.05) is 6.54 Å². The predicted molar refractivity (Wildman–Crippen MR) is 116 cm³/mol. The van der Waals surface area contributed by atoms with Crippen molar-refractivity contribution in [2.45, 2.75) is 45.3 Å². The molecule has 4 rings (SSSR count). The minimum absolute atomic E-state index is 0.124. The number of aromatic nitrogens is 2. The Morgan fingerprint density at radius 2 is 1.87 bits per heavy atom. The van der Waals surface area contributed by atoms with Gasteiger partial charge in [-0.3, -0.25) is 4.90 Å². The summed E-state index contributed by atoms with van der Waals surface area (Å²) in [5, 5.41) is 18.5. The van der Waals surface area contributed by atoms with E-state index in [4.69, 9.17) is 9.72 Å². The van der Waals surface area contributed by atoms with Crippen LogP contribution in [0.3, 0.4) is 0 Å². The molecule has 2 heterocycles. The summed E-state index contributed by atoms with van der Waals surface area (Å²) in [6.07, 6.45) is 1.45. The lowest BCUT2D eigenvalue weighted by molar-refractivity contribution is 0.0219. The van der Waals surface area contributed by atoms with Crippen molar-refractivity contribution >= 4 is 29.7 Å². The van der Waals surface area contributed by atoms with E-state index in [9.17, 15) is 14.8 Å². The van der Waals surface area contributed by atoms with E-state index in [2.05, 4.69) is 4.98 Å². The largest absolute Gasteiger partial charge is 0.488 e. The molecule has 0 unspecified atom stereocenters. The van der Waals surface area contributed by atoms with Crippen molar-refractivity contribution in [3.05, 3.63) is 48.3 Å². The average molecular weight is 407 g/mol. The van der Waals surface area contributed by atoms with Crippen molar-refractivity contribution in [3.63, 3.8) is 0 Å². The molecular formula is C22H26BN3O4. The highest BCUT2D eigenvalue weighted by Gasteiger charge is 2.34. The number of H-pyrrole nitrogens is 1. The van der Waals surface area contributed by atoms with Gasteiger partial charge in [0, 0.05) is 6.54 Å². The molecule has 0 saturated carbocycles. The molecule has 1 saturated heterocycles. The van der Waals surface area contributed by atoms with Gasteiger partial charge in [-0.25, -0.2) is 9.78 Å². The van der Waals surface area contributed by atoms with E-state index in [0.29, 0.717) is 12.0 Å². The van der Waals surface area contributed by atoms with Crippen LogP contribution < -0.4 is 5.46 Å². The highest BCUT2D eigenvalue weighted by molar-refractivity contribution is 6.58. The number of hydrogen-bond acceptors (Lipinski definition) is 5. The van der Waals surface area contributed by atoms with Crippen LogP contribution in [0.15, 0.2) is 42.5 Å². The summed E-state index contributed by atoms with van der Waals surface area (Å²) in [5.41, 5.74) is 3.61. The predicted octanol–water partition coefficient (Wildman–Crippen LogP) is 2.98. The molecule has 1 aliphatic heterocycles. The zero-order chi connectivity index (χ0) is 21.5. The van der Waals surface area contributed by atoms with Crippen LogP contribution in [-0.2, 0) is 4.74 Å². The van der Waals surface area contributed by atoms with Gasteiger partial charge in [0.05, 0.1) is 17.1 Å². The Morgan fingerprint density at radius 3 is 2.53 bits per heavy atom. The van der Waals surface area contributed by atoms with Gasteiger partial charge in [0.2, 0.25) is 0 Å². The Balaban J connectivity index is 1.60. The summed E-state index contributed by atoms with van der Waals surface area (Å²) in [6.45, 7) is 6.26. The van der Waals surface area contributed by atoms with Crippen molar-refractivity contribution in [2.24, 2.45) is 0 Å². The second kappa shape index (κ2) is 7.77. The van der Waals surface area contributed by atoms with Crippen molar-refractivity contribution in [1.82, 2.24) is 14.9 Å². The number of nitrogens with zero attached hydrogens (tertiary/aromatic N) is 2. The second-order valence-electron chi connectivity index (χ2n) is 8.68. The number of benzene rings is 2. The monoisotopic (exact) mass is 407 g/mol. The van der Waals surface area contributed by atoms with Crippen molar-refractivity contribution in [3.8, 4) is 11.1 Å². The number of fused-ring (bicyclic) bond motifs is 1. The van der Waals surface area contributed by atoms with E-state index in [-0.39, 0.29) is 12.1 Å². The number of carbonyl (C=O) groups is 1. The first-order valence-electron chi connectivity index (χ1n) is 10.2. The molecule has 1 amide bonds. The average Bonchev–Trinajstić information content (AvgIpc) is 3.32. The maximum Gasteiger partial charge on any atom is 0.488 e. The maximum atomic E-state index is 12.6. The number of carbonyl (C=O) groups excluding carboxylic acids is 1. The van der Waals surface area contributed by atoms with Crippen LogP contribution in [0.25, 0.3) is 22.2 Å². The smallest absolute Gasteiger partial charge is 0.444 e. The zero-order valence-electron chi connectivity index (χ0n) is 17.4. The maximum absolute atomic E-state index is 12.6. The van der Waals surface area contributed by atoms with E-state index < -0.39 is 12.7 Å². The number of hydrogen-bond donors (Lipinski definition) is 3.